The molecule has 0 aliphatic heterocycles. The Balaban J connectivity index is 3.23. The van der Waals surface area contributed by atoms with E-state index in [1.54, 1.807) is 0 Å². The van der Waals surface area contributed by atoms with E-state index in [0.29, 0.717) is 0 Å². The lowest BCUT2D eigenvalue weighted by atomic mass is 9.98. The van der Waals surface area contributed by atoms with Crippen molar-refractivity contribution in [3.05, 3.63) is 40.5 Å². The minimum atomic E-state index is -1.55. The van der Waals surface area contributed by atoms with Gasteiger partial charge in [0.15, 0.2) is 0 Å². The van der Waals surface area contributed by atoms with E-state index in [-0.39, 0.29) is 0 Å². The topological polar surface area (TPSA) is 9.23 Å². The van der Waals surface area contributed by atoms with Gasteiger partial charge in [-0.25, -0.2) is 0 Å². The second kappa shape index (κ2) is 5.09. The van der Waals surface area contributed by atoms with Crippen molar-refractivity contribution in [1.29, 1.82) is 0 Å². The van der Waals surface area contributed by atoms with Crippen LogP contribution in [0.4, 0.5) is 0 Å². The van der Waals surface area contributed by atoms with Crippen LogP contribution in [-0.4, -0.2) is 8.32 Å². The Kier molecular flexibility index (Phi) is 4.20. The molecule has 17 heavy (non-hydrogen) atoms. The molecule has 2 heteroatoms. The molecule has 0 bridgehead atoms. The van der Waals surface area contributed by atoms with Gasteiger partial charge in [0.25, 0.3) is 0 Å². The standard InChI is InChI=1S/C15H24OSi/c1-8-14(16-17(5,6)7)15-12(3)9-11(2)10-13(15)4/h8-10H,1-7H3/b14-8-. The number of allylic oxidation sites excluding steroid dienone is 1. The summed E-state index contributed by atoms with van der Waals surface area (Å²) < 4.78 is 6.17. The molecular formula is C15H24OSi. The summed E-state index contributed by atoms with van der Waals surface area (Å²) in [5.74, 6) is 1.04. The highest BCUT2D eigenvalue weighted by Gasteiger charge is 2.20. The molecule has 0 amide bonds. The predicted molar refractivity (Wildman–Crippen MR) is 78.7 cm³/mol. The van der Waals surface area contributed by atoms with Crippen LogP contribution in [0, 0.1) is 20.8 Å². The molecule has 0 aliphatic carbocycles. The second-order valence-electron chi connectivity index (χ2n) is 5.64. The molecule has 0 radical (unpaired) electrons. The van der Waals surface area contributed by atoms with Crippen LogP contribution in [-0.2, 0) is 4.43 Å². The van der Waals surface area contributed by atoms with Gasteiger partial charge >= 0.3 is 0 Å². The van der Waals surface area contributed by atoms with Crippen LogP contribution in [0.15, 0.2) is 18.2 Å². The van der Waals surface area contributed by atoms with Crippen LogP contribution in [0.5, 0.6) is 0 Å². The lowest BCUT2D eigenvalue weighted by molar-refractivity contribution is 0.512. The molecule has 94 valence electrons. The highest BCUT2D eigenvalue weighted by molar-refractivity contribution is 6.70. The zero-order valence-electron chi connectivity index (χ0n) is 12.1. The predicted octanol–water partition coefficient (Wildman–Crippen LogP) is 4.82. The quantitative estimate of drug-likeness (QED) is 0.550. The first-order valence-electron chi connectivity index (χ1n) is 6.18. The van der Waals surface area contributed by atoms with Gasteiger partial charge in [-0.3, -0.25) is 0 Å². The van der Waals surface area contributed by atoms with Crippen molar-refractivity contribution in [1.82, 2.24) is 0 Å². The number of rotatable bonds is 3. The molecule has 0 saturated carbocycles. The van der Waals surface area contributed by atoms with Gasteiger partial charge in [-0.15, -0.1) is 0 Å². The molecular weight excluding hydrogens is 224 g/mol. The summed E-state index contributed by atoms with van der Waals surface area (Å²) in [4.78, 5) is 0. The van der Waals surface area contributed by atoms with E-state index in [2.05, 4.69) is 58.6 Å². The van der Waals surface area contributed by atoms with Crippen LogP contribution >= 0.6 is 0 Å². The van der Waals surface area contributed by atoms with Gasteiger partial charge in [0.05, 0.1) is 0 Å². The van der Waals surface area contributed by atoms with Crippen LogP contribution in [0.3, 0.4) is 0 Å². The Labute approximate surface area is 107 Å². The maximum Gasteiger partial charge on any atom is 0.242 e. The molecule has 0 N–H and O–H groups in total. The van der Waals surface area contributed by atoms with E-state index in [0.717, 1.165) is 5.76 Å². The average molecular weight is 248 g/mol. The monoisotopic (exact) mass is 248 g/mol. The van der Waals surface area contributed by atoms with E-state index in [1.807, 2.05) is 6.92 Å². The fourth-order valence-electron chi connectivity index (χ4n) is 2.15. The highest BCUT2D eigenvalue weighted by atomic mass is 28.4. The van der Waals surface area contributed by atoms with Crippen molar-refractivity contribution in [2.24, 2.45) is 0 Å². The third-order valence-electron chi connectivity index (χ3n) is 2.60. The smallest absolute Gasteiger partial charge is 0.242 e. The zero-order chi connectivity index (χ0) is 13.2. The lowest BCUT2D eigenvalue weighted by Crippen LogP contribution is -2.24. The maximum absolute atomic E-state index is 6.17. The van der Waals surface area contributed by atoms with Crippen molar-refractivity contribution >= 4 is 14.1 Å². The Morgan fingerprint density at radius 1 is 1.06 bits per heavy atom. The zero-order valence-corrected chi connectivity index (χ0v) is 13.1. The van der Waals surface area contributed by atoms with Crippen molar-refractivity contribution < 1.29 is 4.43 Å². The summed E-state index contributed by atoms with van der Waals surface area (Å²) in [6, 6.07) is 4.44. The van der Waals surface area contributed by atoms with Crippen LogP contribution < -0.4 is 0 Å². The Morgan fingerprint density at radius 3 is 1.88 bits per heavy atom. The molecule has 1 aromatic carbocycles. The summed E-state index contributed by atoms with van der Waals surface area (Å²) in [6.07, 6.45) is 2.09. The van der Waals surface area contributed by atoms with E-state index in [1.165, 1.54) is 22.3 Å². The third kappa shape index (κ3) is 3.74. The molecule has 0 aromatic heterocycles. The van der Waals surface area contributed by atoms with Crippen LogP contribution in [0.2, 0.25) is 19.6 Å². The van der Waals surface area contributed by atoms with Crippen molar-refractivity contribution in [3.63, 3.8) is 0 Å². The first-order valence-corrected chi connectivity index (χ1v) is 9.59. The normalized spacial score (nSPS) is 12.8. The largest absolute Gasteiger partial charge is 0.544 e. The van der Waals surface area contributed by atoms with E-state index in [4.69, 9.17) is 4.43 Å². The SMILES string of the molecule is C/C=C(\O[Si](C)(C)C)c1c(C)cc(C)cc1C. The summed E-state index contributed by atoms with van der Waals surface area (Å²) in [6.45, 7) is 15.2. The molecule has 0 atom stereocenters. The molecule has 1 nitrogen and oxygen atoms in total. The second-order valence-corrected chi connectivity index (χ2v) is 10.1. The molecule has 0 aliphatic rings. The number of aryl methyl sites for hydroxylation is 3. The Bertz CT molecular complexity index is 416. The van der Waals surface area contributed by atoms with Crippen molar-refractivity contribution in [2.75, 3.05) is 0 Å². The summed E-state index contributed by atoms with van der Waals surface area (Å²) in [5.41, 5.74) is 5.18. The van der Waals surface area contributed by atoms with E-state index in [9.17, 15) is 0 Å². The number of hydrogen-bond donors (Lipinski definition) is 0. The molecule has 0 unspecified atom stereocenters. The molecule has 0 spiro atoms. The summed E-state index contributed by atoms with van der Waals surface area (Å²) in [5, 5.41) is 0. The van der Waals surface area contributed by atoms with E-state index >= 15 is 0 Å². The van der Waals surface area contributed by atoms with Crippen LogP contribution in [0.1, 0.15) is 29.2 Å². The molecule has 0 heterocycles. The first kappa shape index (κ1) is 14.0. The fourth-order valence-corrected chi connectivity index (χ4v) is 3.03. The molecule has 1 aromatic rings. The highest BCUT2D eigenvalue weighted by Crippen LogP contribution is 2.27. The van der Waals surface area contributed by atoms with Gasteiger partial charge in [-0.1, -0.05) is 17.7 Å². The molecule has 0 fully saturated rings. The number of hydrogen-bond acceptors (Lipinski definition) is 1. The summed E-state index contributed by atoms with van der Waals surface area (Å²) >= 11 is 0. The minimum Gasteiger partial charge on any atom is -0.544 e. The van der Waals surface area contributed by atoms with Gasteiger partial charge in [0.1, 0.15) is 5.76 Å². The fraction of sp³-hybridized carbons (Fsp3) is 0.467. The van der Waals surface area contributed by atoms with Gasteiger partial charge < -0.3 is 4.43 Å². The average Bonchev–Trinajstić information content (AvgIpc) is 2.12. The summed E-state index contributed by atoms with van der Waals surface area (Å²) in [7, 11) is -1.55. The Hall–Kier alpha value is -1.02. The van der Waals surface area contributed by atoms with Crippen molar-refractivity contribution in [2.45, 2.75) is 47.3 Å². The third-order valence-corrected chi connectivity index (χ3v) is 3.43. The molecule has 1 rings (SSSR count). The number of benzene rings is 1. The van der Waals surface area contributed by atoms with Crippen molar-refractivity contribution in [3.8, 4) is 0 Å². The van der Waals surface area contributed by atoms with Gasteiger partial charge in [0, 0.05) is 5.56 Å². The Morgan fingerprint density at radius 2 is 1.53 bits per heavy atom. The first-order chi connectivity index (χ1) is 7.74. The minimum absolute atomic E-state index is 1.04. The lowest BCUT2D eigenvalue weighted by Gasteiger charge is -2.24. The van der Waals surface area contributed by atoms with Gasteiger partial charge in [-0.05, 0) is 64.5 Å². The van der Waals surface area contributed by atoms with E-state index < -0.39 is 8.32 Å². The van der Waals surface area contributed by atoms with Gasteiger partial charge in [-0.2, -0.15) is 0 Å². The van der Waals surface area contributed by atoms with Crippen LogP contribution in [0.25, 0.3) is 5.76 Å². The van der Waals surface area contributed by atoms with Gasteiger partial charge in [0.2, 0.25) is 8.32 Å². The maximum atomic E-state index is 6.17. The molecule has 0 saturated heterocycles.